The molecule has 5 aliphatic rings. The molecule has 4 amide bonds. The zero-order valence-corrected chi connectivity index (χ0v) is 36.8. The number of fused-ring (bicyclic) bond motifs is 5. The Kier molecular flexibility index (Phi) is 11.6. The molecule has 0 bridgehead atoms. The second-order valence-corrected chi connectivity index (χ2v) is 18.5. The molecule has 328 valence electrons. The van der Waals surface area contributed by atoms with E-state index in [1.54, 1.807) is 11.0 Å². The molecule has 3 fully saturated rings. The number of carbonyl (C=O) groups excluding carboxylic acids is 5. The van der Waals surface area contributed by atoms with Gasteiger partial charge in [-0.1, -0.05) is 45.7 Å². The number of benzene rings is 3. The van der Waals surface area contributed by atoms with Gasteiger partial charge in [-0.15, -0.1) is 0 Å². The Bertz CT molecular complexity index is 2540. The largest absolute Gasteiger partial charge is 0.385 e. The van der Waals surface area contributed by atoms with Crippen LogP contribution in [0.5, 0.6) is 0 Å². The number of hydrogen-bond donors (Lipinski definition) is 3. The van der Waals surface area contributed by atoms with Gasteiger partial charge in [-0.2, -0.15) is 0 Å². The van der Waals surface area contributed by atoms with Crippen molar-refractivity contribution in [1.29, 1.82) is 0 Å². The maximum absolute atomic E-state index is 14.1. The summed E-state index contributed by atoms with van der Waals surface area (Å²) in [5, 5.41) is 6.70. The fourth-order valence-corrected chi connectivity index (χ4v) is 10.8. The first-order valence-electron chi connectivity index (χ1n) is 23.0. The number of aryl methyl sites for hydroxylation is 1. The Morgan fingerprint density at radius 3 is 2.41 bits per heavy atom. The van der Waals surface area contributed by atoms with Crippen LogP contribution in [0.15, 0.2) is 48.5 Å². The number of nitrogens with zero attached hydrogens (tertiary/aromatic N) is 5. The van der Waals surface area contributed by atoms with Gasteiger partial charge < -0.3 is 25.0 Å². The highest BCUT2D eigenvalue weighted by atomic mass is 16.2. The highest BCUT2D eigenvalue weighted by Gasteiger charge is 2.42. The minimum absolute atomic E-state index is 0.0564. The number of carbonyl (C=O) groups is 5. The van der Waals surface area contributed by atoms with Crippen molar-refractivity contribution < 1.29 is 24.0 Å². The van der Waals surface area contributed by atoms with E-state index >= 15 is 0 Å². The molecule has 1 aromatic heterocycles. The number of imide groups is 1. The third-order valence-corrected chi connectivity index (χ3v) is 14.4. The highest BCUT2D eigenvalue weighted by Crippen LogP contribution is 2.46. The molecule has 13 nitrogen and oxygen atoms in total. The first kappa shape index (κ1) is 42.3. The van der Waals surface area contributed by atoms with E-state index in [1.807, 2.05) is 30.3 Å². The van der Waals surface area contributed by atoms with Crippen LogP contribution in [0.1, 0.15) is 127 Å². The van der Waals surface area contributed by atoms with E-state index in [9.17, 15) is 24.0 Å². The average molecular weight is 851 g/mol. The van der Waals surface area contributed by atoms with Crippen molar-refractivity contribution in [3.63, 3.8) is 0 Å². The molecule has 3 N–H and O–H groups in total. The van der Waals surface area contributed by atoms with Crippen molar-refractivity contribution in [1.82, 2.24) is 25.0 Å². The summed E-state index contributed by atoms with van der Waals surface area (Å²) >= 11 is 0. The summed E-state index contributed by atoms with van der Waals surface area (Å²) in [7, 11) is 0. The van der Waals surface area contributed by atoms with E-state index in [1.165, 1.54) is 11.3 Å². The Balaban J connectivity index is 0.701. The van der Waals surface area contributed by atoms with Crippen molar-refractivity contribution in [3.8, 4) is 0 Å². The SMILES string of the molecule is [C-]#[N+]c1ccc2c3c([nH]c2c1)C(C)(C)c1cc(N2CCC(N4CCN(C(=O)CCCCCCNc5ccc6c(c5)CN(C5CCC(=O)NC5=O)C6=O)CC4)CC2)c(CC)cc1C3=O. The number of piperazine rings is 1. The van der Waals surface area contributed by atoms with Gasteiger partial charge in [0.2, 0.25) is 17.7 Å². The first-order valence-corrected chi connectivity index (χ1v) is 23.0. The minimum atomic E-state index is -0.613. The fourth-order valence-electron chi connectivity index (χ4n) is 10.8. The lowest BCUT2D eigenvalue weighted by atomic mass is 9.70. The summed E-state index contributed by atoms with van der Waals surface area (Å²) in [4.78, 5) is 80.1. The normalized spacial score (nSPS) is 20.1. The maximum atomic E-state index is 14.1. The predicted molar refractivity (Wildman–Crippen MR) is 243 cm³/mol. The summed E-state index contributed by atoms with van der Waals surface area (Å²) in [5.41, 5.74) is 9.36. The monoisotopic (exact) mass is 850 g/mol. The lowest BCUT2D eigenvalue weighted by molar-refractivity contribution is -0.137. The van der Waals surface area contributed by atoms with Gasteiger partial charge in [0.25, 0.3) is 5.91 Å². The number of hydrogen-bond acceptors (Lipinski definition) is 8. The minimum Gasteiger partial charge on any atom is -0.385 e. The molecule has 13 heteroatoms. The van der Waals surface area contributed by atoms with Crippen LogP contribution in [0.3, 0.4) is 0 Å². The number of nitrogens with one attached hydrogen (secondary N) is 3. The summed E-state index contributed by atoms with van der Waals surface area (Å²) in [6.07, 6.45) is 8.04. The molecular weight excluding hydrogens is 793 g/mol. The molecule has 0 saturated carbocycles. The third-order valence-electron chi connectivity index (χ3n) is 14.4. The molecule has 3 aromatic carbocycles. The average Bonchev–Trinajstić information content (AvgIpc) is 3.85. The first-order chi connectivity index (χ1) is 30.4. The topological polar surface area (TPSA) is 143 Å². The maximum Gasteiger partial charge on any atom is 0.255 e. The molecular formula is C50H58N8O5. The molecule has 63 heavy (non-hydrogen) atoms. The van der Waals surface area contributed by atoms with Crippen LogP contribution in [0.2, 0.25) is 0 Å². The second-order valence-electron chi connectivity index (χ2n) is 18.5. The Morgan fingerprint density at radius 1 is 0.889 bits per heavy atom. The molecule has 5 heterocycles. The van der Waals surface area contributed by atoms with Crippen LogP contribution in [0.4, 0.5) is 17.1 Å². The molecule has 1 aliphatic carbocycles. The van der Waals surface area contributed by atoms with Crippen LogP contribution < -0.4 is 15.5 Å². The van der Waals surface area contributed by atoms with Crippen LogP contribution in [-0.2, 0) is 32.8 Å². The Morgan fingerprint density at radius 2 is 1.67 bits per heavy atom. The van der Waals surface area contributed by atoms with E-state index in [0.29, 0.717) is 36.7 Å². The van der Waals surface area contributed by atoms with Crippen molar-refractivity contribution in [2.24, 2.45) is 0 Å². The molecule has 0 radical (unpaired) electrons. The van der Waals surface area contributed by atoms with E-state index < -0.39 is 17.4 Å². The van der Waals surface area contributed by atoms with Crippen LogP contribution in [-0.4, -0.2) is 107 Å². The summed E-state index contributed by atoms with van der Waals surface area (Å²) < 4.78 is 0. The van der Waals surface area contributed by atoms with E-state index in [-0.39, 0.29) is 29.9 Å². The van der Waals surface area contributed by atoms with Crippen molar-refractivity contribution in [2.45, 2.75) is 109 Å². The van der Waals surface area contributed by atoms with Crippen molar-refractivity contribution in [3.05, 3.63) is 99.0 Å². The van der Waals surface area contributed by atoms with Crippen LogP contribution >= 0.6 is 0 Å². The fraction of sp³-hybridized carbons (Fsp3) is 0.480. The van der Waals surface area contributed by atoms with E-state index in [0.717, 1.165) is 135 Å². The second kappa shape index (κ2) is 17.3. The van der Waals surface area contributed by atoms with Gasteiger partial charge in [0.05, 0.1) is 12.1 Å². The van der Waals surface area contributed by atoms with Crippen molar-refractivity contribution in [2.75, 3.05) is 56.0 Å². The molecule has 4 aliphatic heterocycles. The van der Waals surface area contributed by atoms with Gasteiger partial charge in [0.1, 0.15) is 6.04 Å². The smallest absolute Gasteiger partial charge is 0.255 e. The number of unbranched alkanes of at least 4 members (excludes halogenated alkanes) is 3. The Labute approximate surface area is 369 Å². The number of aromatic amines is 1. The summed E-state index contributed by atoms with van der Waals surface area (Å²) in [5.74, 6) is -0.537. The zero-order valence-electron chi connectivity index (χ0n) is 36.8. The lowest BCUT2D eigenvalue weighted by Gasteiger charge is -2.44. The van der Waals surface area contributed by atoms with Gasteiger partial charge in [0, 0.05) is 116 Å². The molecule has 4 aromatic rings. The number of ketones is 1. The molecule has 1 atom stereocenters. The summed E-state index contributed by atoms with van der Waals surface area (Å²) in [6, 6.07) is 15.6. The van der Waals surface area contributed by atoms with Crippen LogP contribution in [0.25, 0.3) is 15.7 Å². The quantitative estimate of drug-likeness (QED) is 0.0780. The number of anilines is 2. The van der Waals surface area contributed by atoms with Crippen molar-refractivity contribution >= 4 is 57.4 Å². The van der Waals surface area contributed by atoms with Gasteiger partial charge in [0.15, 0.2) is 11.5 Å². The summed E-state index contributed by atoms with van der Waals surface area (Å²) in [6.45, 7) is 20.5. The lowest BCUT2D eigenvalue weighted by Crippen LogP contribution is -2.54. The number of amides is 4. The molecule has 9 rings (SSSR count). The number of rotatable bonds is 12. The third kappa shape index (κ3) is 7.99. The van der Waals surface area contributed by atoms with Gasteiger partial charge in [-0.3, -0.25) is 34.2 Å². The number of piperidine rings is 2. The van der Waals surface area contributed by atoms with Gasteiger partial charge in [-0.25, -0.2) is 4.85 Å². The predicted octanol–water partition coefficient (Wildman–Crippen LogP) is 7.09. The number of H-pyrrole nitrogens is 1. The van der Waals surface area contributed by atoms with E-state index in [4.69, 9.17) is 6.57 Å². The van der Waals surface area contributed by atoms with Gasteiger partial charge in [-0.05, 0) is 91.6 Å². The number of aromatic nitrogens is 1. The standard InChI is InChI=1S/C50H58N8O5/c1-5-31-27-38-39(50(2,3)47-45(46(38)61)37-14-11-33(51-4)28-40(37)53-47)29-42(31)56-20-17-35(18-21-56)55-22-24-57(25-23-55)44(60)10-8-6-7-9-19-52-34-12-13-36-32(26-34)30-58(49(36)63)41-15-16-43(59)54-48(41)62/h11-14,26-29,35,41,52-53H,5-10,15-25,30H2,1-3H3,(H,54,59,62). The molecule has 3 saturated heterocycles. The highest BCUT2D eigenvalue weighted by molar-refractivity contribution is 6.20. The molecule has 0 spiro atoms. The molecule has 1 unspecified atom stereocenters. The zero-order chi connectivity index (χ0) is 44.0. The van der Waals surface area contributed by atoms with E-state index in [2.05, 4.69) is 68.1 Å². The Hall–Kier alpha value is -6.00. The van der Waals surface area contributed by atoms with Gasteiger partial charge >= 0.3 is 0 Å². The van der Waals surface area contributed by atoms with Crippen LogP contribution in [0, 0.1) is 6.57 Å².